The van der Waals surface area contributed by atoms with Crippen LogP contribution in [0.3, 0.4) is 0 Å². The number of hydrogen-bond acceptors (Lipinski definition) is 20. The predicted molar refractivity (Wildman–Crippen MR) is 257 cm³/mol. The lowest BCUT2D eigenvalue weighted by Gasteiger charge is -2.23. The summed E-state index contributed by atoms with van der Waals surface area (Å²) >= 11 is 0.622. The lowest BCUT2D eigenvalue weighted by atomic mass is 10.1. The number of carbonyl (C=O) groups is 5. The number of amidine groups is 1. The monoisotopic (exact) mass is 1010 g/mol. The third-order valence-corrected chi connectivity index (χ3v) is 10.0. The van der Waals surface area contributed by atoms with E-state index in [9.17, 15) is 28.5 Å². The molecule has 3 rings (SSSR count). The van der Waals surface area contributed by atoms with Crippen LogP contribution in [0.1, 0.15) is 31.7 Å². The molecule has 70 heavy (non-hydrogen) atoms. The second-order valence-corrected chi connectivity index (χ2v) is 15.7. The van der Waals surface area contributed by atoms with Gasteiger partial charge in [0, 0.05) is 72.8 Å². The Morgan fingerprint density at radius 1 is 0.671 bits per heavy atom. The molecule has 0 saturated heterocycles. The summed E-state index contributed by atoms with van der Waals surface area (Å²) < 4.78 is 69.2. The van der Waals surface area contributed by atoms with Crippen molar-refractivity contribution in [3.63, 3.8) is 0 Å². The molecule has 0 bridgehead atoms. The molecule has 1 aromatic rings. The van der Waals surface area contributed by atoms with Gasteiger partial charge >= 0.3 is 6.09 Å². The van der Waals surface area contributed by atoms with Crippen molar-refractivity contribution in [2.75, 3.05) is 171 Å². The highest BCUT2D eigenvalue weighted by Gasteiger charge is 2.25. The molecule has 2 aliphatic heterocycles. The number of alkyl carbamates (subject to hydrolysis) is 1. The van der Waals surface area contributed by atoms with E-state index in [1.807, 2.05) is 6.92 Å². The summed E-state index contributed by atoms with van der Waals surface area (Å²) in [6, 6.07) is 5.28. The molecule has 0 saturated carbocycles. The summed E-state index contributed by atoms with van der Waals surface area (Å²) in [5.74, 6) is -1.25. The first-order chi connectivity index (χ1) is 34.2. The zero-order valence-electron chi connectivity index (χ0n) is 40.3. The van der Waals surface area contributed by atoms with E-state index < -0.39 is 23.8 Å². The van der Waals surface area contributed by atoms with E-state index in [2.05, 4.69) is 15.6 Å². The maximum Gasteiger partial charge on any atom is 0.407 e. The molecule has 0 atom stereocenters. The maximum absolute atomic E-state index is 13.5. The Balaban J connectivity index is 0.973. The molecule has 0 radical (unpaired) electrons. The van der Waals surface area contributed by atoms with E-state index >= 15 is 0 Å². The van der Waals surface area contributed by atoms with E-state index in [-0.39, 0.29) is 45.2 Å². The molecule has 0 aromatic heterocycles. The molecule has 24 heteroatoms. The normalized spacial score (nSPS) is 13.3. The minimum atomic E-state index is -0.560. The van der Waals surface area contributed by atoms with Gasteiger partial charge in [-0.3, -0.25) is 24.1 Å². The summed E-state index contributed by atoms with van der Waals surface area (Å²) in [5, 5.41) is 5.30. The van der Waals surface area contributed by atoms with Gasteiger partial charge in [0.25, 0.3) is 11.8 Å². The van der Waals surface area contributed by atoms with Crippen molar-refractivity contribution >= 4 is 59.4 Å². The second kappa shape index (κ2) is 39.1. The van der Waals surface area contributed by atoms with Crippen molar-refractivity contribution in [1.82, 2.24) is 20.4 Å². The fourth-order valence-electron chi connectivity index (χ4n) is 6.19. The third kappa shape index (κ3) is 27.7. The van der Waals surface area contributed by atoms with Gasteiger partial charge in [0.15, 0.2) is 0 Å². The molecule has 0 unspecified atom stereocenters. The first kappa shape index (κ1) is 59.7. The number of amides is 5. The SMILES string of the molecule is CCCN(CCCNC(=O)OCCOCCOCCOCCOCCOCCOCCOCCOCCOCCOCCNC(=O)CN1C(=O)C=CC1=O)C(=O)C1=Cc2ccc(SO)cc2N=C(N)C1. The fourth-order valence-corrected chi connectivity index (χ4v) is 6.48. The lowest BCUT2D eigenvalue weighted by molar-refractivity contribution is -0.141. The van der Waals surface area contributed by atoms with Crippen LogP contribution >= 0.6 is 12.0 Å². The minimum absolute atomic E-state index is 0.0889. The summed E-state index contributed by atoms with van der Waals surface area (Å²) in [6.45, 7) is 11.3. The zero-order valence-corrected chi connectivity index (χ0v) is 41.1. The number of benzene rings is 1. The van der Waals surface area contributed by atoms with Crippen LogP contribution in [-0.2, 0) is 71.3 Å². The molecule has 2 aliphatic rings. The first-order valence-electron chi connectivity index (χ1n) is 23.5. The number of carbonyl (C=O) groups excluding carboxylic acids is 5. The van der Waals surface area contributed by atoms with Gasteiger partial charge in [0.1, 0.15) is 19.0 Å². The first-order valence-corrected chi connectivity index (χ1v) is 24.3. The Bertz CT molecular complexity index is 1760. The van der Waals surface area contributed by atoms with Crippen molar-refractivity contribution in [2.45, 2.75) is 31.1 Å². The molecule has 1 aromatic carbocycles. The second-order valence-electron chi connectivity index (χ2n) is 15.0. The summed E-state index contributed by atoms with van der Waals surface area (Å²) in [5.41, 5.74) is 8.00. The van der Waals surface area contributed by atoms with Crippen LogP contribution < -0.4 is 16.4 Å². The maximum atomic E-state index is 13.5. The number of imide groups is 1. The molecule has 23 nitrogen and oxygen atoms in total. The zero-order chi connectivity index (χ0) is 50.3. The summed E-state index contributed by atoms with van der Waals surface area (Å²) in [6.07, 6.45) is 5.02. The summed E-state index contributed by atoms with van der Waals surface area (Å²) in [4.78, 5) is 68.0. The molecule has 0 fully saturated rings. The van der Waals surface area contributed by atoms with Gasteiger partial charge in [-0.15, -0.1) is 0 Å². The Kier molecular flexibility index (Phi) is 33.4. The van der Waals surface area contributed by atoms with E-state index in [0.717, 1.165) is 29.0 Å². The Hall–Kier alpha value is -4.57. The number of fused-ring (bicyclic) bond motifs is 1. The molecule has 394 valence electrons. The molecule has 0 spiro atoms. The standard InChI is InChI=1S/C46H72N6O17S/c1-2-10-51(45(56)38-33-37-4-5-39(70-58)35-40(37)50-41(47)34-38)11-3-8-49-46(57)69-32-31-68-30-29-67-28-27-66-26-25-65-24-23-64-22-21-63-20-19-62-18-17-61-16-15-60-14-13-59-12-9-48-42(53)36-52-43(54)6-7-44(52)55/h4-7,33,35,58H,2-3,8-32,34,36H2,1H3,(H2,47,50)(H,48,53)(H,49,57). The smallest absolute Gasteiger partial charge is 0.407 e. The van der Waals surface area contributed by atoms with Gasteiger partial charge in [0.05, 0.1) is 138 Å². The van der Waals surface area contributed by atoms with Crippen LogP contribution in [0.5, 0.6) is 0 Å². The van der Waals surface area contributed by atoms with Gasteiger partial charge in [-0.05, 0) is 31.1 Å². The molecule has 0 aliphatic carbocycles. The number of nitrogens with one attached hydrogen (secondary N) is 2. The van der Waals surface area contributed by atoms with Crippen molar-refractivity contribution in [1.29, 1.82) is 0 Å². The largest absolute Gasteiger partial charge is 0.447 e. The highest BCUT2D eigenvalue weighted by molar-refractivity contribution is 7.93. The topological polar surface area (TPSA) is 276 Å². The van der Waals surface area contributed by atoms with E-state index in [1.165, 1.54) is 0 Å². The van der Waals surface area contributed by atoms with Crippen LogP contribution in [-0.4, -0.2) is 221 Å². The average Bonchev–Trinajstić information content (AvgIpc) is 3.55. The van der Waals surface area contributed by atoms with Gasteiger partial charge < -0.3 is 77.9 Å². The predicted octanol–water partition coefficient (Wildman–Crippen LogP) is 1.59. The van der Waals surface area contributed by atoms with Crippen molar-refractivity contribution in [2.24, 2.45) is 10.7 Å². The third-order valence-electron chi connectivity index (χ3n) is 9.58. The average molecular weight is 1010 g/mol. The Morgan fingerprint density at radius 3 is 1.61 bits per heavy atom. The molecule has 2 heterocycles. The Labute approximate surface area is 414 Å². The highest BCUT2D eigenvalue weighted by atomic mass is 32.2. The van der Waals surface area contributed by atoms with Crippen LogP contribution in [0.2, 0.25) is 0 Å². The molecule has 5 N–H and O–H groups in total. The van der Waals surface area contributed by atoms with Gasteiger partial charge in [-0.25, -0.2) is 9.79 Å². The van der Waals surface area contributed by atoms with Gasteiger partial charge in [-0.2, -0.15) is 0 Å². The number of aliphatic imine (C=N–C) groups is 1. The number of nitrogens with zero attached hydrogens (tertiary/aromatic N) is 3. The van der Waals surface area contributed by atoms with E-state index in [0.29, 0.717) is 179 Å². The van der Waals surface area contributed by atoms with Gasteiger partial charge in [0.2, 0.25) is 11.8 Å². The van der Waals surface area contributed by atoms with Crippen LogP contribution in [0.25, 0.3) is 6.08 Å². The van der Waals surface area contributed by atoms with E-state index in [1.54, 1.807) is 29.2 Å². The lowest BCUT2D eigenvalue weighted by Crippen LogP contribution is -2.41. The minimum Gasteiger partial charge on any atom is -0.447 e. The highest BCUT2D eigenvalue weighted by Crippen LogP contribution is 2.31. The van der Waals surface area contributed by atoms with Crippen molar-refractivity contribution in [3.05, 3.63) is 41.5 Å². The molecular weight excluding hydrogens is 941 g/mol. The van der Waals surface area contributed by atoms with Crippen molar-refractivity contribution < 1.29 is 80.6 Å². The van der Waals surface area contributed by atoms with Crippen LogP contribution in [0.15, 0.2) is 45.8 Å². The number of rotatable bonds is 43. The number of ether oxygens (including phenoxy) is 11. The molecule has 5 amide bonds. The Morgan fingerprint density at radius 2 is 1.14 bits per heavy atom. The van der Waals surface area contributed by atoms with E-state index in [4.69, 9.17) is 57.8 Å². The summed E-state index contributed by atoms with van der Waals surface area (Å²) in [7, 11) is 0. The molecular formula is C46H72N6O17S. The number of hydrogen-bond donors (Lipinski definition) is 4. The van der Waals surface area contributed by atoms with Crippen molar-refractivity contribution in [3.8, 4) is 0 Å². The quantitative estimate of drug-likeness (QED) is 0.0411. The van der Waals surface area contributed by atoms with Crippen LogP contribution in [0, 0.1) is 0 Å². The van der Waals surface area contributed by atoms with Gasteiger partial charge in [-0.1, -0.05) is 13.0 Å². The number of nitrogens with two attached hydrogens (primary N) is 1. The fraction of sp³-hybridized carbons (Fsp3) is 0.652. The van der Waals surface area contributed by atoms with Crippen LogP contribution in [0.4, 0.5) is 10.5 Å².